The van der Waals surface area contributed by atoms with Gasteiger partial charge in [0.15, 0.2) is 0 Å². The molecule has 0 aliphatic heterocycles. The first-order valence-corrected chi connectivity index (χ1v) is 4.70. The summed E-state index contributed by atoms with van der Waals surface area (Å²) in [4.78, 5) is 0. The van der Waals surface area contributed by atoms with Crippen molar-refractivity contribution in [2.24, 2.45) is 0 Å². The fraction of sp³-hybridized carbons (Fsp3) is 0.455. The Balaban J connectivity index is 3.40. The zero-order valence-corrected chi connectivity index (χ0v) is 8.92. The molecule has 0 amide bonds. The van der Waals surface area contributed by atoms with Crippen LogP contribution in [0.1, 0.15) is 29.2 Å². The van der Waals surface area contributed by atoms with E-state index in [2.05, 4.69) is 33.8 Å². The van der Waals surface area contributed by atoms with Crippen molar-refractivity contribution in [1.29, 1.82) is 0 Å². The Labute approximate surface area is 79.6 Å². The van der Waals surface area contributed by atoms with Gasteiger partial charge >= 0.3 is 0 Å². The summed E-state index contributed by atoms with van der Waals surface area (Å²) in [7, 11) is 0. The minimum atomic E-state index is 0.928. The Bertz CT molecular complexity index is 300. The van der Waals surface area contributed by atoms with E-state index in [1.165, 1.54) is 22.3 Å². The Kier molecular flexibility index (Phi) is 2.79. The number of halogens is 1. The lowest BCUT2D eigenvalue weighted by atomic mass is 9.98. The second-order valence-electron chi connectivity index (χ2n) is 3.28. The number of aryl methyl sites for hydroxylation is 2. The Morgan fingerprint density at radius 2 is 1.75 bits per heavy atom. The molecule has 0 saturated carbocycles. The summed E-state index contributed by atoms with van der Waals surface area (Å²) in [6.07, 6.45) is 1.07. The third-order valence-electron chi connectivity index (χ3n) is 2.39. The van der Waals surface area contributed by atoms with Gasteiger partial charge in [-0.3, -0.25) is 0 Å². The SMILES string of the molecule is CCc1c(C)cc(C)c(Cl)c1C. The van der Waals surface area contributed by atoms with Gasteiger partial charge in [0.05, 0.1) is 0 Å². The number of hydrogen-bond acceptors (Lipinski definition) is 0. The van der Waals surface area contributed by atoms with Crippen LogP contribution in [-0.4, -0.2) is 0 Å². The van der Waals surface area contributed by atoms with Gasteiger partial charge in [-0.2, -0.15) is 0 Å². The third kappa shape index (κ3) is 1.49. The minimum Gasteiger partial charge on any atom is -0.0838 e. The normalized spacial score (nSPS) is 10.4. The second-order valence-corrected chi connectivity index (χ2v) is 3.66. The molecule has 0 spiro atoms. The molecule has 0 atom stereocenters. The van der Waals surface area contributed by atoms with Crippen molar-refractivity contribution in [2.45, 2.75) is 34.1 Å². The van der Waals surface area contributed by atoms with Crippen molar-refractivity contribution in [2.75, 3.05) is 0 Å². The summed E-state index contributed by atoms with van der Waals surface area (Å²) in [5.74, 6) is 0. The molecule has 0 aliphatic carbocycles. The van der Waals surface area contributed by atoms with Crippen LogP contribution in [0, 0.1) is 20.8 Å². The van der Waals surface area contributed by atoms with Crippen molar-refractivity contribution in [3.63, 3.8) is 0 Å². The van der Waals surface area contributed by atoms with Crippen LogP contribution in [0.15, 0.2) is 6.07 Å². The topological polar surface area (TPSA) is 0 Å². The highest BCUT2D eigenvalue weighted by Gasteiger charge is 2.06. The van der Waals surface area contributed by atoms with E-state index in [0.717, 1.165) is 11.4 Å². The molecule has 1 heteroatoms. The molecular formula is C11H15Cl. The van der Waals surface area contributed by atoms with Gasteiger partial charge in [-0.15, -0.1) is 0 Å². The molecule has 12 heavy (non-hydrogen) atoms. The Morgan fingerprint density at radius 1 is 1.17 bits per heavy atom. The summed E-state index contributed by atoms with van der Waals surface area (Å²) >= 11 is 6.13. The fourth-order valence-corrected chi connectivity index (χ4v) is 1.91. The Morgan fingerprint density at radius 3 is 2.25 bits per heavy atom. The van der Waals surface area contributed by atoms with E-state index in [1.807, 2.05) is 0 Å². The molecule has 0 saturated heterocycles. The molecule has 0 bridgehead atoms. The van der Waals surface area contributed by atoms with Gasteiger partial charge in [-0.05, 0) is 49.4 Å². The summed E-state index contributed by atoms with van der Waals surface area (Å²) in [5, 5.41) is 0.928. The first kappa shape index (κ1) is 9.60. The van der Waals surface area contributed by atoms with Crippen LogP contribution in [0.3, 0.4) is 0 Å². The van der Waals surface area contributed by atoms with Gasteiger partial charge in [-0.1, -0.05) is 24.6 Å². The van der Waals surface area contributed by atoms with Crippen molar-refractivity contribution in [3.05, 3.63) is 33.3 Å². The number of rotatable bonds is 1. The largest absolute Gasteiger partial charge is 0.0838 e. The monoisotopic (exact) mass is 182 g/mol. The highest BCUT2D eigenvalue weighted by Crippen LogP contribution is 2.26. The first-order chi connectivity index (χ1) is 5.57. The van der Waals surface area contributed by atoms with E-state index in [-0.39, 0.29) is 0 Å². The highest BCUT2D eigenvalue weighted by molar-refractivity contribution is 6.32. The quantitative estimate of drug-likeness (QED) is 0.620. The summed E-state index contributed by atoms with van der Waals surface area (Å²) in [6, 6.07) is 2.16. The fourth-order valence-electron chi connectivity index (χ4n) is 1.74. The second kappa shape index (κ2) is 3.49. The zero-order chi connectivity index (χ0) is 9.30. The maximum atomic E-state index is 6.13. The minimum absolute atomic E-state index is 0.928. The van der Waals surface area contributed by atoms with E-state index in [0.29, 0.717) is 0 Å². The molecule has 0 N–H and O–H groups in total. The van der Waals surface area contributed by atoms with Crippen LogP contribution in [0.25, 0.3) is 0 Å². The van der Waals surface area contributed by atoms with Crippen LogP contribution >= 0.6 is 11.6 Å². The molecule has 0 fully saturated rings. The average molecular weight is 183 g/mol. The van der Waals surface area contributed by atoms with E-state index in [1.54, 1.807) is 0 Å². The zero-order valence-electron chi connectivity index (χ0n) is 8.16. The first-order valence-electron chi connectivity index (χ1n) is 4.33. The predicted octanol–water partition coefficient (Wildman–Crippen LogP) is 3.83. The molecule has 0 radical (unpaired) electrons. The number of benzene rings is 1. The van der Waals surface area contributed by atoms with E-state index < -0.39 is 0 Å². The molecule has 0 unspecified atom stereocenters. The van der Waals surface area contributed by atoms with Crippen LogP contribution in [-0.2, 0) is 6.42 Å². The van der Waals surface area contributed by atoms with E-state index in [9.17, 15) is 0 Å². The molecule has 1 aromatic rings. The maximum Gasteiger partial charge on any atom is 0.0467 e. The van der Waals surface area contributed by atoms with Gasteiger partial charge in [-0.25, -0.2) is 0 Å². The van der Waals surface area contributed by atoms with E-state index >= 15 is 0 Å². The van der Waals surface area contributed by atoms with E-state index in [4.69, 9.17) is 11.6 Å². The lowest BCUT2D eigenvalue weighted by Crippen LogP contribution is -1.94. The predicted molar refractivity (Wildman–Crippen MR) is 55.0 cm³/mol. The smallest absolute Gasteiger partial charge is 0.0467 e. The molecular weight excluding hydrogens is 168 g/mol. The van der Waals surface area contributed by atoms with Crippen molar-refractivity contribution in [3.8, 4) is 0 Å². The standard InChI is InChI=1S/C11H15Cl/c1-5-10-7(2)6-8(3)11(12)9(10)4/h6H,5H2,1-4H3. The summed E-state index contributed by atoms with van der Waals surface area (Å²) in [6.45, 7) is 8.47. The van der Waals surface area contributed by atoms with Crippen LogP contribution in [0.5, 0.6) is 0 Å². The van der Waals surface area contributed by atoms with Crippen molar-refractivity contribution < 1.29 is 0 Å². The molecule has 66 valence electrons. The molecule has 0 nitrogen and oxygen atoms in total. The van der Waals surface area contributed by atoms with Gasteiger partial charge in [0.25, 0.3) is 0 Å². The molecule has 0 heterocycles. The van der Waals surface area contributed by atoms with Gasteiger partial charge < -0.3 is 0 Å². The lowest BCUT2D eigenvalue weighted by Gasteiger charge is -2.11. The molecule has 0 aromatic heterocycles. The van der Waals surface area contributed by atoms with Gasteiger partial charge in [0.2, 0.25) is 0 Å². The third-order valence-corrected chi connectivity index (χ3v) is 2.97. The van der Waals surface area contributed by atoms with Gasteiger partial charge in [0.1, 0.15) is 0 Å². The number of hydrogen-bond donors (Lipinski definition) is 0. The van der Waals surface area contributed by atoms with Crippen LogP contribution in [0.2, 0.25) is 5.02 Å². The Hall–Kier alpha value is -0.490. The van der Waals surface area contributed by atoms with Crippen molar-refractivity contribution in [1.82, 2.24) is 0 Å². The summed E-state index contributed by atoms with van der Waals surface area (Å²) in [5.41, 5.74) is 5.18. The van der Waals surface area contributed by atoms with Crippen LogP contribution < -0.4 is 0 Å². The van der Waals surface area contributed by atoms with Crippen LogP contribution in [0.4, 0.5) is 0 Å². The lowest BCUT2D eigenvalue weighted by molar-refractivity contribution is 1.07. The van der Waals surface area contributed by atoms with Gasteiger partial charge in [0, 0.05) is 5.02 Å². The molecule has 0 aliphatic rings. The average Bonchev–Trinajstić information content (AvgIpc) is 2.01. The van der Waals surface area contributed by atoms with Crippen molar-refractivity contribution >= 4 is 11.6 Å². The molecule has 1 aromatic carbocycles. The maximum absolute atomic E-state index is 6.13. The summed E-state index contributed by atoms with van der Waals surface area (Å²) < 4.78 is 0. The molecule has 1 rings (SSSR count). The highest BCUT2D eigenvalue weighted by atomic mass is 35.5.